The number of aromatic nitrogens is 2. The van der Waals surface area contributed by atoms with Crippen LogP contribution in [0.5, 0.6) is 0 Å². The Labute approximate surface area is 180 Å². The lowest BCUT2D eigenvalue weighted by Gasteiger charge is -2.23. The lowest BCUT2D eigenvalue weighted by atomic mass is 10.1. The summed E-state index contributed by atoms with van der Waals surface area (Å²) in [4.78, 5) is 19.3. The first-order valence-electron chi connectivity index (χ1n) is 9.73. The first-order chi connectivity index (χ1) is 14.3. The Morgan fingerprint density at radius 3 is 2.77 bits per heavy atom. The molecule has 9 heteroatoms. The van der Waals surface area contributed by atoms with Crippen LogP contribution >= 0.6 is 11.6 Å². The fourth-order valence-electron chi connectivity index (χ4n) is 3.78. The number of amides is 1. The van der Waals surface area contributed by atoms with Gasteiger partial charge >= 0.3 is 0 Å². The number of imidazole rings is 1. The fraction of sp³-hybridized carbons (Fsp3) is 0.333. The van der Waals surface area contributed by atoms with E-state index in [1.165, 1.54) is 6.26 Å². The summed E-state index contributed by atoms with van der Waals surface area (Å²) in [6.45, 7) is 1.65. The van der Waals surface area contributed by atoms with Crippen molar-refractivity contribution in [3.8, 4) is 0 Å². The molecule has 0 saturated heterocycles. The lowest BCUT2D eigenvalue weighted by Crippen LogP contribution is -2.36. The van der Waals surface area contributed by atoms with Crippen LogP contribution in [0.1, 0.15) is 17.8 Å². The number of rotatable bonds is 6. The average Bonchev–Trinajstić information content (AvgIpc) is 2.93. The Hall–Kier alpha value is -2.42. The van der Waals surface area contributed by atoms with E-state index in [1.807, 2.05) is 34.9 Å². The van der Waals surface area contributed by atoms with E-state index in [2.05, 4.69) is 5.32 Å². The van der Waals surface area contributed by atoms with E-state index in [9.17, 15) is 13.2 Å². The van der Waals surface area contributed by atoms with Gasteiger partial charge in [0.05, 0.1) is 29.9 Å². The second-order valence-electron chi connectivity index (χ2n) is 7.51. The van der Waals surface area contributed by atoms with Gasteiger partial charge in [0.1, 0.15) is 15.7 Å². The number of aryl methyl sites for hydroxylation is 1. The van der Waals surface area contributed by atoms with Gasteiger partial charge in [0.2, 0.25) is 5.91 Å². The molecule has 0 fully saturated rings. The van der Waals surface area contributed by atoms with Gasteiger partial charge in [-0.25, -0.2) is 13.4 Å². The third-order valence-electron chi connectivity index (χ3n) is 5.16. The molecule has 0 saturated carbocycles. The standard InChI is InChI=1S/C21H23ClN4O3S/c1-30(28,29)10-4-9-25-19-8-7-16(22)11-17(19)24-20(25)14-26-18-6-3-2-5-15(18)12-23-13-21(26)27/h2-3,5-8,11,23H,4,9-10,12-14H2,1H3. The van der Waals surface area contributed by atoms with Gasteiger partial charge in [0.25, 0.3) is 0 Å². The third kappa shape index (κ3) is 4.50. The summed E-state index contributed by atoms with van der Waals surface area (Å²) >= 11 is 6.15. The molecule has 1 aromatic heterocycles. The van der Waals surface area contributed by atoms with Crippen LogP contribution in [0.15, 0.2) is 42.5 Å². The number of nitrogens with zero attached hydrogens (tertiary/aromatic N) is 3. The topological polar surface area (TPSA) is 84.3 Å². The summed E-state index contributed by atoms with van der Waals surface area (Å²) in [5.74, 6) is 0.758. The largest absolute Gasteiger partial charge is 0.326 e. The molecular weight excluding hydrogens is 424 g/mol. The van der Waals surface area contributed by atoms with Crippen molar-refractivity contribution in [2.45, 2.75) is 26.1 Å². The molecule has 3 aromatic rings. The zero-order valence-electron chi connectivity index (χ0n) is 16.6. The van der Waals surface area contributed by atoms with Gasteiger partial charge in [-0.3, -0.25) is 4.79 Å². The summed E-state index contributed by atoms with van der Waals surface area (Å²) < 4.78 is 25.2. The van der Waals surface area contributed by atoms with E-state index in [0.717, 1.165) is 22.3 Å². The lowest BCUT2D eigenvalue weighted by molar-refractivity contribution is -0.117. The van der Waals surface area contributed by atoms with Gasteiger partial charge in [-0.1, -0.05) is 29.8 Å². The fourth-order valence-corrected chi connectivity index (χ4v) is 4.60. The Balaban J connectivity index is 1.72. The van der Waals surface area contributed by atoms with Crippen molar-refractivity contribution in [1.29, 1.82) is 0 Å². The smallest absolute Gasteiger partial charge is 0.241 e. The predicted molar refractivity (Wildman–Crippen MR) is 118 cm³/mol. The monoisotopic (exact) mass is 446 g/mol. The van der Waals surface area contributed by atoms with Gasteiger partial charge in [-0.2, -0.15) is 0 Å². The van der Waals surface area contributed by atoms with Crippen molar-refractivity contribution in [3.05, 3.63) is 58.9 Å². The summed E-state index contributed by atoms with van der Waals surface area (Å²) in [6.07, 6.45) is 1.70. The number of hydrogen-bond donors (Lipinski definition) is 1. The van der Waals surface area contributed by atoms with Crippen LogP contribution in [0.2, 0.25) is 5.02 Å². The number of fused-ring (bicyclic) bond motifs is 2. The number of anilines is 1. The van der Waals surface area contributed by atoms with E-state index < -0.39 is 9.84 Å². The highest BCUT2D eigenvalue weighted by Gasteiger charge is 2.24. The van der Waals surface area contributed by atoms with Crippen LogP contribution in [-0.4, -0.2) is 42.4 Å². The number of para-hydroxylation sites is 1. The maximum Gasteiger partial charge on any atom is 0.241 e. The van der Waals surface area contributed by atoms with Crippen molar-refractivity contribution < 1.29 is 13.2 Å². The highest BCUT2D eigenvalue weighted by Crippen LogP contribution is 2.27. The number of hydrogen-bond acceptors (Lipinski definition) is 5. The molecule has 0 aliphatic carbocycles. The normalized spacial score (nSPS) is 14.7. The summed E-state index contributed by atoms with van der Waals surface area (Å²) in [5.41, 5.74) is 3.51. The van der Waals surface area contributed by atoms with Gasteiger partial charge in [-0.15, -0.1) is 0 Å². The van der Waals surface area contributed by atoms with Crippen molar-refractivity contribution in [1.82, 2.24) is 14.9 Å². The predicted octanol–water partition coefficient (Wildman–Crippen LogP) is 2.76. The molecule has 0 unspecified atom stereocenters. The summed E-state index contributed by atoms with van der Waals surface area (Å²) in [5, 5.41) is 3.74. The van der Waals surface area contributed by atoms with Crippen LogP contribution in [0.25, 0.3) is 11.0 Å². The molecule has 1 aliphatic rings. The molecule has 1 N–H and O–H groups in total. The number of benzene rings is 2. The third-order valence-corrected chi connectivity index (χ3v) is 6.43. The zero-order chi connectivity index (χ0) is 21.3. The number of carbonyl (C=O) groups excluding carboxylic acids is 1. The van der Waals surface area contributed by atoms with Crippen molar-refractivity contribution in [2.24, 2.45) is 0 Å². The zero-order valence-corrected chi connectivity index (χ0v) is 18.2. The van der Waals surface area contributed by atoms with E-state index in [0.29, 0.717) is 36.9 Å². The van der Waals surface area contributed by atoms with Gasteiger partial charge in [0, 0.05) is 30.1 Å². The first kappa shape index (κ1) is 20.8. The van der Waals surface area contributed by atoms with Gasteiger partial charge in [-0.05, 0) is 36.2 Å². The number of halogens is 1. The molecular formula is C21H23ClN4O3S. The van der Waals surface area contributed by atoms with Crippen LogP contribution in [-0.2, 0) is 34.3 Å². The molecule has 1 aliphatic heterocycles. The first-order valence-corrected chi connectivity index (χ1v) is 12.2. The Bertz CT molecular complexity index is 1210. The molecule has 2 aromatic carbocycles. The van der Waals surface area contributed by atoms with E-state index in [1.54, 1.807) is 17.0 Å². The van der Waals surface area contributed by atoms with Crippen LogP contribution in [0, 0.1) is 0 Å². The van der Waals surface area contributed by atoms with Gasteiger partial charge in [0.15, 0.2) is 0 Å². The van der Waals surface area contributed by atoms with E-state index in [-0.39, 0.29) is 18.2 Å². The van der Waals surface area contributed by atoms with Crippen LogP contribution in [0.4, 0.5) is 5.69 Å². The molecule has 0 atom stereocenters. The Morgan fingerprint density at radius 1 is 1.17 bits per heavy atom. The van der Waals surface area contributed by atoms with Crippen molar-refractivity contribution in [2.75, 3.05) is 23.5 Å². The minimum atomic E-state index is -3.06. The quantitative estimate of drug-likeness (QED) is 0.629. The average molecular weight is 447 g/mol. The van der Waals surface area contributed by atoms with E-state index >= 15 is 0 Å². The summed E-state index contributed by atoms with van der Waals surface area (Å²) in [7, 11) is -3.06. The molecule has 2 heterocycles. The van der Waals surface area contributed by atoms with Gasteiger partial charge < -0.3 is 14.8 Å². The summed E-state index contributed by atoms with van der Waals surface area (Å²) in [6, 6.07) is 13.3. The number of carbonyl (C=O) groups is 1. The molecule has 30 heavy (non-hydrogen) atoms. The molecule has 1 amide bonds. The molecule has 0 spiro atoms. The Morgan fingerprint density at radius 2 is 1.97 bits per heavy atom. The maximum absolute atomic E-state index is 12.8. The molecule has 0 radical (unpaired) electrons. The highest BCUT2D eigenvalue weighted by molar-refractivity contribution is 7.90. The van der Waals surface area contributed by atoms with Crippen molar-refractivity contribution in [3.63, 3.8) is 0 Å². The Kier molecular flexibility index (Phi) is 5.81. The van der Waals surface area contributed by atoms with E-state index in [4.69, 9.17) is 16.6 Å². The van der Waals surface area contributed by atoms with Crippen LogP contribution < -0.4 is 10.2 Å². The second kappa shape index (κ2) is 8.37. The highest BCUT2D eigenvalue weighted by atomic mass is 35.5. The number of sulfone groups is 1. The molecule has 158 valence electrons. The van der Waals surface area contributed by atoms with Crippen molar-refractivity contribution >= 4 is 44.1 Å². The minimum Gasteiger partial charge on any atom is -0.326 e. The minimum absolute atomic E-state index is 0.0345. The second-order valence-corrected chi connectivity index (χ2v) is 10.2. The number of nitrogens with one attached hydrogen (secondary N) is 1. The molecule has 7 nitrogen and oxygen atoms in total. The SMILES string of the molecule is CS(=O)(=O)CCCn1c(CN2C(=O)CNCc3ccccc32)nc2cc(Cl)ccc21. The maximum atomic E-state index is 12.8. The molecule has 4 rings (SSSR count). The van der Waals surface area contributed by atoms with Crippen LogP contribution in [0.3, 0.4) is 0 Å². The molecule has 0 bridgehead atoms.